The van der Waals surface area contributed by atoms with Crippen LogP contribution in [0.25, 0.3) is 10.9 Å². The molecule has 1 fully saturated rings. The number of rotatable bonds is 6. The fourth-order valence-electron chi connectivity index (χ4n) is 4.00. The molecule has 0 spiro atoms. The highest BCUT2D eigenvalue weighted by molar-refractivity contribution is 6.06. The lowest BCUT2D eigenvalue weighted by molar-refractivity contribution is 0.0162. The maximum atomic E-state index is 13.5. The highest BCUT2D eigenvalue weighted by atomic mass is 19.1. The number of ether oxygens (including phenoxy) is 1. The molecule has 0 saturated carbocycles. The highest BCUT2D eigenvalue weighted by Crippen LogP contribution is 2.24. The van der Waals surface area contributed by atoms with Gasteiger partial charge in [0.25, 0.3) is 5.91 Å². The van der Waals surface area contributed by atoms with Crippen LogP contribution in [-0.2, 0) is 4.74 Å². The molecule has 1 saturated heterocycles. The number of nitrogens with one attached hydrogen (secondary N) is 1. The third-order valence-corrected chi connectivity index (χ3v) is 5.77. The van der Waals surface area contributed by atoms with Gasteiger partial charge in [0.1, 0.15) is 5.82 Å². The molecule has 31 heavy (non-hydrogen) atoms. The van der Waals surface area contributed by atoms with E-state index >= 15 is 0 Å². The van der Waals surface area contributed by atoms with Crippen LogP contribution >= 0.6 is 0 Å². The van der Waals surface area contributed by atoms with Crippen molar-refractivity contribution in [2.45, 2.75) is 25.8 Å². The summed E-state index contributed by atoms with van der Waals surface area (Å²) >= 11 is 0. The molecule has 0 unspecified atom stereocenters. The molecule has 1 N–H and O–H groups in total. The summed E-state index contributed by atoms with van der Waals surface area (Å²) in [7, 11) is 0. The molecule has 1 aliphatic rings. The third kappa shape index (κ3) is 4.92. The Balaban J connectivity index is 1.60. The number of nitrogens with zero attached hydrogens (tertiary/aromatic N) is 2. The summed E-state index contributed by atoms with van der Waals surface area (Å²) in [5.74, 6) is -0.171. The molecule has 1 amide bonds. The van der Waals surface area contributed by atoms with Crippen molar-refractivity contribution in [3.05, 3.63) is 77.2 Å². The van der Waals surface area contributed by atoms with Crippen LogP contribution < -0.4 is 5.32 Å². The number of morpholine rings is 1. The summed E-state index contributed by atoms with van der Waals surface area (Å²) in [6.07, 6.45) is 0. The van der Waals surface area contributed by atoms with Crippen molar-refractivity contribution < 1.29 is 13.9 Å². The second-order valence-corrected chi connectivity index (χ2v) is 8.19. The standard InChI is InChI=1S/C25H28FN3O2/c1-17(2)23-15-21(20-5-3-4-6-22(20)28-23)25(30)27-16-24(29-11-13-31-14-12-29)18-7-9-19(26)10-8-18/h3-10,15,17,24H,11-14,16H2,1-2H3,(H,27,30)/t24-/m0/s1. The first-order valence-electron chi connectivity index (χ1n) is 10.8. The van der Waals surface area contributed by atoms with E-state index in [1.165, 1.54) is 12.1 Å². The van der Waals surface area contributed by atoms with Crippen LogP contribution in [0.4, 0.5) is 4.39 Å². The van der Waals surface area contributed by atoms with Gasteiger partial charge in [-0.2, -0.15) is 0 Å². The minimum absolute atomic E-state index is 0.0499. The van der Waals surface area contributed by atoms with Crippen molar-refractivity contribution in [1.29, 1.82) is 0 Å². The maximum absolute atomic E-state index is 13.5. The molecule has 2 aromatic carbocycles. The summed E-state index contributed by atoms with van der Waals surface area (Å²) in [5, 5.41) is 3.97. The van der Waals surface area contributed by atoms with Gasteiger partial charge in [-0.15, -0.1) is 0 Å². The van der Waals surface area contributed by atoms with Gasteiger partial charge < -0.3 is 10.1 Å². The number of hydrogen-bond donors (Lipinski definition) is 1. The number of para-hydroxylation sites is 1. The molecule has 6 heteroatoms. The van der Waals surface area contributed by atoms with Gasteiger partial charge in [0.2, 0.25) is 0 Å². The molecule has 0 aliphatic carbocycles. The van der Waals surface area contributed by atoms with Crippen LogP contribution in [0, 0.1) is 5.82 Å². The van der Waals surface area contributed by atoms with Gasteiger partial charge in [0.05, 0.1) is 30.3 Å². The van der Waals surface area contributed by atoms with Crippen LogP contribution in [0.3, 0.4) is 0 Å². The zero-order valence-corrected chi connectivity index (χ0v) is 18.0. The Kier molecular flexibility index (Phi) is 6.59. The highest BCUT2D eigenvalue weighted by Gasteiger charge is 2.24. The van der Waals surface area contributed by atoms with E-state index in [1.54, 1.807) is 12.1 Å². The molecular formula is C25H28FN3O2. The number of fused-ring (bicyclic) bond motifs is 1. The van der Waals surface area contributed by atoms with Crippen LogP contribution in [0.5, 0.6) is 0 Å². The Bertz CT molecular complexity index is 1050. The zero-order chi connectivity index (χ0) is 21.8. The van der Waals surface area contributed by atoms with Gasteiger partial charge in [-0.3, -0.25) is 14.7 Å². The number of carbonyl (C=O) groups excluding carboxylic acids is 1. The van der Waals surface area contributed by atoms with Crippen molar-refractivity contribution in [3.63, 3.8) is 0 Å². The van der Waals surface area contributed by atoms with E-state index in [0.29, 0.717) is 25.3 Å². The van der Waals surface area contributed by atoms with E-state index in [1.807, 2.05) is 30.3 Å². The lowest BCUT2D eigenvalue weighted by Gasteiger charge is -2.35. The number of benzene rings is 2. The van der Waals surface area contributed by atoms with Gasteiger partial charge >= 0.3 is 0 Å². The van der Waals surface area contributed by atoms with Gasteiger partial charge in [-0.05, 0) is 35.7 Å². The van der Waals surface area contributed by atoms with Crippen molar-refractivity contribution in [2.24, 2.45) is 0 Å². The van der Waals surface area contributed by atoms with Crippen LogP contribution in [0.2, 0.25) is 0 Å². The molecule has 162 valence electrons. The Morgan fingerprint density at radius 1 is 1.13 bits per heavy atom. The summed E-state index contributed by atoms with van der Waals surface area (Å²) in [6, 6.07) is 16.1. The van der Waals surface area contributed by atoms with E-state index in [-0.39, 0.29) is 23.7 Å². The lowest BCUT2D eigenvalue weighted by Crippen LogP contribution is -2.43. The molecule has 3 aromatic rings. The number of pyridine rings is 1. The fraction of sp³-hybridized carbons (Fsp3) is 0.360. The van der Waals surface area contributed by atoms with Crippen molar-refractivity contribution in [1.82, 2.24) is 15.2 Å². The minimum Gasteiger partial charge on any atom is -0.379 e. The average Bonchev–Trinajstić information content (AvgIpc) is 2.80. The van der Waals surface area contributed by atoms with Crippen LogP contribution in [-0.4, -0.2) is 48.6 Å². The van der Waals surface area contributed by atoms with Crippen molar-refractivity contribution in [3.8, 4) is 0 Å². The predicted octanol–water partition coefficient (Wildman–Crippen LogP) is 4.30. The third-order valence-electron chi connectivity index (χ3n) is 5.77. The summed E-state index contributed by atoms with van der Waals surface area (Å²) in [4.78, 5) is 20.2. The zero-order valence-electron chi connectivity index (χ0n) is 18.0. The minimum atomic E-state index is -0.266. The second kappa shape index (κ2) is 9.54. The molecule has 1 aliphatic heterocycles. The monoisotopic (exact) mass is 421 g/mol. The molecule has 0 bridgehead atoms. The molecule has 5 nitrogen and oxygen atoms in total. The fourth-order valence-corrected chi connectivity index (χ4v) is 4.00. The Hall–Kier alpha value is -2.83. The quantitative estimate of drug-likeness (QED) is 0.645. The van der Waals surface area contributed by atoms with Crippen molar-refractivity contribution in [2.75, 3.05) is 32.8 Å². The number of aromatic nitrogens is 1. The van der Waals surface area contributed by atoms with E-state index in [0.717, 1.165) is 35.2 Å². The van der Waals surface area contributed by atoms with Crippen LogP contribution in [0.15, 0.2) is 54.6 Å². The van der Waals surface area contributed by atoms with Gasteiger partial charge in [-0.25, -0.2) is 4.39 Å². The van der Waals surface area contributed by atoms with Crippen LogP contribution in [0.1, 0.15) is 47.4 Å². The molecule has 1 aromatic heterocycles. The van der Waals surface area contributed by atoms with E-state index < -0.39 is 0 Å². The predicted molar refractivity (Wildman–Crippen MR) is 120 cm³/mol. The number of hydrogen-bond acceptors (Lipinski definition) is 4. The topological polar surface area (TPSA) is 54.5 Å². The molecule has 4 rings (SSSR count). The Morgan fingerprint density at radius 3 is 2.55 bits per heavy atom. The largest absolute Gasteiger partial charge is 0.379 e. The van der Waals surface area contributed by atoms with Gasteiger partial charge in [0.15, 0.2) is 0 Å². The number of carbonyl (C=O) groups is 1. The summed E-state index contributed by atoms with van der Waals surface area (Å²) in [5.41, 5.74) is 3.33. The summed E-state index contributed by atoms with van der Waals surface area (Å²) in [6.45, 7) is 7.42. The maximum Gasteiger partial charge on any atom is 0.252 e. The SMILES string of the molecule is CC(C)c1cc(C(=O)NC[C@@H](c2ccc(F)cc2)N2CCOCC2)c2ccccc2n1. The molecular weight excluding hydrogens is 393 g/mol. The molecule has 1 atom stereocenters. The molecule has 0 radical (unpaired) electrons. The summed E-state index contributed by atoms with van der Waals surface area (Å²) < 4.78 is 19.0. The van der Waals surface area contributed by atoms with Gasteiger partial charge in [0, 0.05) is 30.7 Å². The number of halogens is 1. The Morgan fingerprint density at radius 2 is 1.84 bits per heavy atom. The van der Waals surface area contributed by atoms with Crippen molar-refractivity contribution >= 4 is 16.8 Å². The van der Waals surface area contributed by atoms with E-state index in [9.17, 15) is 9.18 Å². The molecule has 2 heterocycles. The first-order valence-corrected chi connectivity index (χ1v) is 10.8. The number of amides is 1. The second-order valence-electron chi connectivity index (χ2n) is 8.19. The van der Waals surface area contributed by atoms with E-state index in [4.69, 9.17) is 9.72 Å². The first kappa shape index (κ1) is 21.4. The normalized spacial score (nSPS) is 15.9. The average molecular weight is 422 g/mol. The smallest absolute Gasteiger partial charge is 0.252 e. The van der Waals surface area contributed by atoms with Gasteiger partial charge in [-0.1, -0.05) is 44.2 Å². The Labute approximate surface area is 182 Å². The van der Waals surface area contributed by atoms with E-state index in [2.05, 4.69) is 24.1 Å². The first-order chi connectivity index (χ1) is 15.0. The lowest BCUT2D eigenvalue weighted by atomic mass is 10.0.